The Bertz CT molecular complexity index is 1150. The molecule has 0 saturated carbocycles. The number of hydrogen-bond donors (Lipinski definition) is 0. The third-order valence-corrected chi connectivity index (χ3v) is 8.32. The van der Waals surface area contributed by atoms with Gasteiger partial charge in [0.05, 0.1) is 24.0 Å². The summed E-state index contributed by atoms with van der Waals surface area (Å²) in [5.41, 5.74) is 2.31. The van der Waals surface area contributed by atoms with E-state index in [2.05, 4.69) is 9.73 Å². The smallest absolute Gasteiger partial charge is 0.406 e. The summed E-state index contributed by atoms with van der Waals surface area (Å²) in [4.78, 5) is 18.5. The molecule has 6 nitrogen and oxygen atoms in total. The largest absolute Gasteiger partial charge is 0.573 e. The van der Waals surface area contributed by atoms with Crippen molar-refractivity contribution in [2.24, 2.45) is 4.99 Å². The van der Waals surface area contributed by atoms with Gasteiger partial charge in [0.25, 0.3) is 5.91 Å². The number of benzene rings is 2. The number of halogens is 3. The number of nitrogens with zero attached hydrogens (tertiary/aromatic N) is 2. The summed E-state index contributed by atoms with van der Waals surface area (Å²) in [5.74, 6) is -0.936. The molecular formula is C21H19F3N2O4S2. The first kappa shape index (κ1) is 22.7. The highest BCUT2D eigenvalue weighted by atomic mass is 32.2. The molecule has 170 valence electrons. The first-order chi connectivity index (χ1) is 15.0. The van der Waals surface area contributed by atoms with Crippen molar-refractivity contribution in [3.05, 3.63) is 59.7 Å². The SMILES string of the molecule is Cc1ccc(CC(=O)N=C2S[C@H]3CS(=O)(=O)C[C@@H]3N2c2ccc(OC(F)(F)F)cc2)cc1. The van der Waals surface area contributed by atoms with E-state index in [-0.39, 0.29) is 29.1 Å². The molecule has 0 N–H and O–H groups in total. The average Bonchev–Trinajstić information content (AvgIpc) is 3.14. The Balaban J connectivity index is 1.60. The molecule has 0 bridgehead atoms. The number of amidine groups is 1. The number of thioether (sulfide) groups is 1. The standard InChI is InChI=1S/C21H19F3N2O4S2/c1-13-2-4-14(5-3-13)10-19(27)25-20-26(17-11-32(28,29)12-18(17)31-20)15-6-8-16(9-7-15)30-21(22,23)24/h2-9,17-18H,10-12H2,1H3/t17-,18-/m0/s1. The fourth-order valence-electron chi connectivity index (χ4n) is 3.70. The number of fused-ring (bicyclic) bond motifs is 1. The highest BCUT2D eigenvalue weighted by Crippen LogP contribution is 2.41. The second kappa shape index (κ2) is 8.43. The normalized spacial score (nSPS) is 23.4. The van der Waals surface area contributed by atoms with Crippen molar-refractivity contribution in [1.82, 2.24) is 0 Å². The maximum Gasteiger partial charge on any atom is 0.573 e. The van der Waals surface area contributed by atoms with Crippen LogP contribution in [-0.2, 0) is 21.1 Å². The van der Waals surface area contributed by atoms with Gasteiger partial charge >= 0.3 is 6.36 Å². The van der Waals surface area contributed by atoms with Gasteiger partial charge in [0.15, 0.2) is 15.0 Å². The highest BCUT2D eigenvalue weighted by molar-refractivity contribution is 8.16. The number of carbonyl (C=O) groups is 1. The summed E-state index contributed by atoms with van der Waals surface area (Å²) < 4.78 is 65.5. The summed E-state index contributed by atoms with van der Waals surface area (Å²) in [6.07, 6.45) is -4.73. The Morgan fingerprint density at radius 1 is 1.12 bits per heavy atom. The third-order valence-electron chi connectivity index (χ3n) is 5.11. The van der Waals surface area contributed by atoms with Gasteiger partial charge in [0.2, 0.25) is 0 Å². The summed E-state index contributed by atoms with van der Waals surface area (Å²) in [7, 11) is -3.26. The van der Waals surface area contributed by atoms with Gasteiger partial charge < -0.3 is 9.64 Å². The molecule has 2 heterocycles. The van der Waals surface area contributed by atoms with Crippen LogP contribution in [0.15, 0.2) is 53.5 Å². The van der Waals surface area contributed by atoms with Crippen molar-refractivity contribution < 1.29 is 31.1 Å². The first-order valence-corrected chi connectivity index (χ1v) is 12.4. The van der Waals surface area contributed by atoms with Crippen LogP contribution >= 0.6 is 11.8 Å². The lowest BCUT2D eigenvalue weighted by molar-refractivity contribution is -0.274. The van der Waals surface area contributed by atoms with Crippen LogP contribution in [0, 0.1) is 6.92 Å². The van der Waals surface area contributed by atoms with Gasteiger partial charge in [0.1, 0.15) is 5.75 Å². The molecule has 2 fully saturated rings. The van der Waals surface area contributed by atoms with Crippen LogP contribution in [0.3, 0.4) is 0 Å². The second-order valence-electron chi connectivity index (χ2n) is 7.66. The lowest BCUT2D eigenvalue weighted by Crippen LogP contribution is -2.37. The van der Waals surface area contributed by atoms with Gasteiger partial charge in [-0.3, -0.25) is 4.79 Å². The topological polar surface area (TPSA) is 76.0 Å². The summed E-state index contributed by atoms with van der Waals surface area (Å²) in [6, 6.07) is 12.1. The molecule has 1 amide bonds. The van der Waals surface area contributed by atoms with E-state index in [9.17, 15) is 26.4 Å². The minimum Gasteiger partial charge on any atom is -0.406 e. The molecule has 32 heavy (non-hydrogen) atoms. The number of anilines is 1. The third kappa shape index (κ3) is 5.26. The van der Waals surface area contributed by atoms with Gasteiger partial charge in [-0.25, -0.2) is 8.42 Å². The van der Waals surface area contributed by atoms with E-state index >= 15 is 0 Å². The van der Waals surface area contributed by atoms with Crippen molar-refractivity contribution in [3.8, 4) is 5.75 Å². The lowest BCUT2D eigenvalue weighted by atomic mass is 10.1. The Morgan fingerprint density at radius 3 is 2.41 bits per heavy atom. The molecule has 0 spiro atoms. The molecular weight excluding hydrogens is 465 g/mol. The van der Waals surface area contributed by atoms with Gasteiger partial charge in [-0.2, -0.15) is 4.99 Å². The van der Waals surface area contributed by atoms with Crippen LogP contribution < -0.4 is 9.64 Å². The van der Waals surface area contributed by atoms with E-state index in [0.29, 0.717) is 10.9 Å². The van der Waals surface area contributed by atoms with E-state index in [0.717, 1.165) is 23.3 Å². The zero-order valence-electron chi connectivity index (χ0n) is 16.9. The molecule has 0 radical (unpaired) electrons. The van der Waals surface area contributed by atoms with Crippen molar-refractivity contribution in [2.75, 3.05) is 16.4 Å². The summed E-state index contributed by atoms with van der Waals surface area (Å²) in [5, 5.41) is 0.0357. The minimum absolute atomic E-state index is 0.0424. The van der Waals surface area contributed by atoms with Crippen molar-refractivity contribution in [3.63, 3.8) is 0 Å². The molecule has 11 heteroatoms. The molecule has 2 saturated heterocycles. The van der Waals surface area contributed by atoms with Crippen molar-refractivity contribution >= 4 is 38.4 Å². The Morgan fingerprint density at radius 2 is 1.78 bits per heavy atom. The van der Waals surface area contributed by atoms with E-state index in [1.165, 1.54) is 23.9 Å². The van der Waals surface area contributed by atoms with Crippen LogP contribution in [-0.4, -0.2) is 48.7 Å². The number of carbonyl (C=O) groups excluding carboxylic acids is 1. The molecule has 2 aromatic carbocycles. The lowest BCUT2D eigenvalue weighted by Gasteiger charge is -2.24. The number of rotatable bonds is 4. The predicted octanol–water partition coefficient (Wildman–Crippen LogP) is 3.74. The first-order valence-electron chi connectivity index (χ1n) is 9.68. The average molecular weight is 485 g/mol. The molecule has 2 aliphatic heterocycles. The van der Waals surface area contributed by atoms with Gasteiger partial charge in [-0.1, -0.05) is 41.6 Å². The summed E-state index contributed by atoms with van der Waals surface area (Å²) >= 11 is 1.21. The number of alkyl halides is 3. The van der Waals surface area contributed by atoms with Gasteiger partial charge in [-0.05, 0) is 36.8 Å². The molecule has 0 aromatic heterocycles. The number of amides is 1. The minimum atomic E-state index is -4.81. The number of aliphatic imine (C=N–C) groups is 1. The number of sulfone groups is 1. The number of ether oxygens (including phenoxy) is 1. The predicted molar refractivity (Wildman–Crippen MR) is 117 cm³/mol. The molecule has 0 unspecified atom stereocenters. The maximum atomic E-state index is 12.6. The fourth-order valence-corrected chi connectivity index (χ4v) is 7.63. The van der Waals surface area contributed by atoms with Gasteiger partial charge in [0, 0.05) is 10.9 Å². The van der Waals surface area contributed by atoms with E-state index in [4.69, 9.17) is 0 Å². The van der Waals surface area contributed by atoms with Crippen LogP contribution in [0.2, 0.25) is 0 Å². The maximum absolute atomic E-state index is 12.6. The Labute approximate surface area is 187 Å². The second-order valence-corrected chi connectivity index (χ2v) is 11.0. The van der Waals surface area contributed by atoms with E-state index in [1.54, 1.807) is 4.90 Å². The molecule has 2 aliphatic rings. The monoisotopic (exact) mass is 484 g/mol. The van der Waals surface area contributed by atoms with Gasteiger partial charge in [-0.15, -0.1) is 13.2 Å². The quantitative estimate of drug-likeness (QED) is 0.658. The van der Waals surface area contributed by atoms with Crippen LogP contribution in [0.5, 0.6) is 5.75 Å². The molecule has 2 aromatic rings. The Hall–Kier alpha value is -2.53. The van der Waals surface area contributed by atoms with E-state index < -0.39 is 28.0 Å². The molecule has 2 atom stereocenters. The number of aryl methyl sites for hydroxylation is 1. The molecule has 4 rings (SSSR count). The fraction of sp³-hybridized carbons (Fsp3) is 0.333. The zero-order chi connectivity index (χ0) is 23.1. The molecule has 0 aliphatic carbocycles. The highest BCUT2D eigenvalue weighted by Gasteiger charge is 2.49. The zero-order valence-corrected chi connectivity index (χ0v) is 18.5. The van der Waals surface area contributed by atoms with Crippen molar-refractivity contribution in [1.29, 1.82) is 0 Å². The van der Waals surface area contributed by atoms with E-state index in [1.807, 2.05) is 31.2 Å². The van der Waals surface area contributed by atoms with Crippen molar-refractivity contribution in [2.45, 2.75) is 31.0 Å². The van der Waals surface area contributed by atoms with Crippen LogP contribution in [0.25, 0.3) is 0 Å². The number of hydrogen-bond acceptors (Lipinski definition) is 5. The van der Waals surface area contributed by atoms with Crippen LogP contribution in [0.4, 0.5) is 18.9 Å². The summed E-state index contributed by atoms with van der Waals surface area (Å²) in [6.45, 7) is 1.94. The van der Waals surface area contributed by atoms with Crippen LogP contribution in [0.1, 0.15) is 11.1 Å². The Kier molecular flexibility index (Phi) is 5.97.